The van der Waals surface area contributed by atoms with Crippen molar-refractivity contribution in [2.24, 2.45) is 0 Å². The van der Waals surface area contributed by atoms with Crippen LogP contribution in [0.15, 0.2) is 22.7 Å². The van der Waals surface area contributed by atoms with Gasteiger partial charge < -0.3 is 10.5 Å². The maximum atomic E-state index is 13.6. The lowest BCUT2D eigenvalue weighted by molar-refractivity contribution is 0.386. The van der Waals surface area contributed by atoms with E-state index in [1.807, 2.05) is 0 Å². The summed E-state index contributed by atoms with van der Waals surface area (Å²) in [6, 6.07) is 4.53. The molecule has 0 saturated heterocycles. The van der Waals surface area contributed by atoms with Crippen LogP contribution in [0, 0.1) is 12.7 Å². The van der Waals surface area contributed by atoms with Gasteiger partial charge in [0.25, 0.3) is 0 Å². The summed E-state index contributed by atoms with van der Waals surface area (Å²) < 4.78 is 19.1. The maximum Gasteiger partial charge on any atom is 0.165 e. The third-order valence-corrected chi connectivity index (χ3v) is 3.43. The summed E-state index contributed by atoms with van der Waals surface area (Å²) in [7, 11) is 1.41. The van der Waals surface area contributed by atoms with Crippen molar-refractivity contribution in [1.29, 1.82) is 0 Å². The first kappa shape index (κ1) is 12.8. The fraction of sp³-hybridized carbons (Fsp3) is 0.167. The van der Waals surface area contributed by atoms with E-state index in [-0.39, 0.29) is 5.75 Å². The topological polar surface area (TPSA) is 61.0 Å². The molecule has 0 fully saturated rings. The van der Waals surface area contributed by atoms with Gasteiger partial charge in [-0.3, -0.25) is 0 Å². The number of halogens is 2. The quantitative estimate of drug-likeness (QED) is 0.926. The van der Waals surface area contributed by atoms with Crippen LogP contribution in [0.25, 0.3) is 11.4 Å². The van der Waals surface area contributed by atoms with Crippen LogP contribution in [0.5, 0.6) is 5.75 Å². The number of nitrogen functional groups attached to an aromatic ring is 1. The van der Waals surface area contributed by atoms with Gasteiger partial charge in [0.05, 0.1) is 17.3 Å². The number of methoxy groups -OCH3 is 1. The third-order valence-electron chi connectivity index (χ3n) is 2.45. The number of nitrogens with two attached hydrogens (primary N) is 1. The fourth-order valence-electron chi connectivity index (χ4n) is 1.52. The van der Waals surface area contributed by atoms with Crippen LogP contribution < -0.4 is 10.5 Å². The normalized spacial score (nSPS) is 10.4. The molecule has 0 spiro atoms. The van der Waals surface area contributed by atoms with Crippen molar-refractivity contribution in [3.8, 4) is 17.1 Å². The van der Waals surface area contributed by atoms with Crippen LogP contribution in [-0.2, 0) is 0 Å². The van der Waals surface area contributed by atoms with Crippen LogP contribution in [0.2, 0.25) is 0 Å². The molecule has 94 valence electrons. The molecule has 4 nitrogen and oxygen atoms in total. The summed E-state index contributed by atoms with van der Waals surface area (Å²) in [5, 5.41) is 0. The van der Waals surface area contributed by atoms with Gasteiger partial charge in [-0.2, -0.15) is 0 Å². The summed E-state index contributed by atoms with van der Waals surface area (Å²) in [6.07, 6.45) is 0. The van der Waals surface area contributed by atoms with E-state index < -0.39 is 5.82 Å². The number of hydrogen-bond acceptors (Lipinski definition) is 4. The smallest absolute Gasteiger partial charge is 0.165 e. The first-order chi connectivity index (χ1) is 8.52. The largest absolute Gasteiger partial charge is 0.494 e. The standard InChI is InChI=1S/C12H11BrFN3O/c1-6-10(13)11(15)17-12(16-6)7-3-4-9(18-2)8(14)5-7/h3-5H,1-2H3,(H2,15,16,17). The van der Waals surface area contributed by atoms with E-state index in [1.165, 1.54) is 19.2 Å². The highest BCUT2D eigenvalue weighted by molar-refractivity contribution is 9.10. The molecule has 0 amide bonds. The molecule has 0 saturated carbocycles. The summed E-state index contributed by atoms with van der Waals surface area (Å²) in [5.74, 6) is 0.432. The molecule has 2 N–H and O–H groups in total. The molecule has 0 radical (unpaired) electrons. The van der Waals surface area contributed by atoms with Gasteiger partial charge in [0.2, 0.25) is 0 Å². The number of aromatic nitrogens is 2. The summed E-state index contributed by atoms with van der Waals surface area (Å²) in [6.45, 7) is 1.80. The first-order valence-corrected chi connectivity index (χ1v) is 5.95. The Morgan fingerprint density at radius 1 is 1.33 bits per heavy atom. The molecule has 1 heterocycles. The van der Waals surface area contributed by atoms with Crippen molar-refractivity contribution in [3.63, 3.8) is 0 Å². The van der Waals surface area contributed by atoms with Crippen molar-refractivity contribution in [3.05, 3.63) is 34.2 Å². The zero-order valence-corrected chi connectivity index (χ0v) is 11.5. The number of benzene rings is 1. The predicted octanol–water partition coefficient (Wildman–Crippen LogP) is 2.94. The Morgan fingerprint density at radius 3 is 2.61 bits per heavy atom. The van der Waals surface area contributed by atoms with E-state index >= 15 is 0 Å². The van der Waals surface area contributed by atoms with Crippen molar-refractivity contribution < 1.29 is 9.13 Å². The van der Waals surface area contributed by atoms with Gasteiger partial charge in [-0.05, 0) is 41.1 Å². The van der Waals surface area contributed by atoms with Gasteiger partial charge >= 0.3 is 0 Å². The van der Waals surface area contributed by atoms with E-state index in [0.717, 1.165) is 0 Å². The highest BCUT2D eigenvalue weighted by Crippen LogP contribution is 2.27. The van der Waals surface area contributed by atoms with Crippen LogP contribution in [-0.4, -0.2) is 17.1 Å². The summed E-state index contributed by atoms with van der Waals surface area (Å²) in [4.78, 5) is 8.37. The monoisotopic (exact) mass is 311 g/mol. The van der Waals surface area contributed by atoms with Crippen LogP contribution in [0.4, 0.5) is 10.2 Å². The zero-order chi connectivity index (χ0) is 13.3. The second-order valence-electron chi connectivity index (χ2n) is 3.68. The molecule has 1 aromatic heterocycles. The molecule has 2 rings (SSSR count). The summed E-state index contributed by atoms with van der Waals surface area (Å²) in [5.41, 5.74) is 6.99. The van der Waals surface area contributed by atoms with Crippen molar-refractivity contribution in [1.82, 2.24) is 9.97 Å². The molecular formula is C12H11BrFN3O. The predicted molar refractivity (Wildman–Crippen MR) is 70.8 cm³/mol. The van der Waals surface area contributed by atoms with E-state index in [4.69, 9.17) is 10.5 Å². The molecule has 1 aromatic carbocycles. The van der Waals surface area contributed by atoms with Crippen LogP contribution >= 0.6 is 15.9 Å². The molecule has 0 bridgehead atoms. The highest BCUT2D eigenvalue weighted by atomic mass is 79.9. The van der Waals surface area contributed by atoms with Crippen molar-refractivity contribution in [2.45, 2.75) is 6.92 Å². The number of hydrogen-bond donors (Lipinski definition) is 1. The van der Waals surface area contributed by atoms with Gasteiger partial charge in [-0.1, -0.05) is 0 Å². The lowest BCUT2D eigenvalue weighted by Crippen LogP contribution is -2.00. The number of anilines is 1. The molecule has 2 aromatic rings. The first-order valence-electron chi connectivity index (χ1n) is 5.16. The minimum atomic E-state index is -0.460. The average molecular weight is 312 g/mol. The van der Waals surface area contributed by atoms with Crippen molar-refractivity contribution in [2.75, 3.05) is 12.8 Å². The minimum absolute atomic E-state index is 0.181. The molecule has 6 heteroatoms. The van der Waals surface area contributed by atoms with Gasteiger partial charge in [0.15, 0.2) is 17.4 Å². The Kier molecular flexibility index (Phi) is 3.47. The maximum absolute atomic E-state index is 13.6. The Balaban J connectivity index is 2.52. The number of rotatable bonds is 2. The van der Waals surface area contributed by atoms with Gasteiger partial charge in [-0.15, -0.1) is 0 Å². The Morgan fingerprint density at radius 2 is 2.06 bits per heavy atom. The van der Waals surface area contributed by atoms with Crippen LogP contribution in [0.1, 0.15) is 5.69 Å². The number of nitrogens with zero attached hydrogens (tertiary/aromatic N) is 2. The molecule has 0 unspecified atom stereocenters. The molecule has 18 heavy (non-hydrogen) atoms. The average Bonchev–Trinajstić information content (AvgIpc) is 2.35. The number of aryl methyl sites for hydroxylation is 1. The molecule has 0 atom stereocenters. The minimum Gasteiger partial charge on any atom is -0.494 e. The Hall–Kier alpha value is -1.69. The molecule has 0 aliphatic rings. The second-order valence-corrected chi connectivity index (χ2v) is 4.47. The fourth-order valence-corrected chi connectivity index (χ4v) is 1.69. The lowest BCUT2D eigenvalue weighted by Gasteiger charge is -2.07. The van der Waals surface area contributed by atoms with E-state index in [2.05, 4.69) is 25.9 Å². The molecule has 0 aliphatic carbocycles. The Bertz CT molecular complexity index is 581. The van der Waals surface area contributed by atoms with E-state index in [9.17, 15) is 4.39 Å². The van der Waals surface area contributed by atoms with E-state index in [0.29, 0.717) is 27.4 Å². The van der Waals surface area contributed by atoms with Crippen molar-refractivity contribution >= 4 is 21.7 Å². The Labute approximate surface area is 112 Å². The SMILES string of the molecule is COc1ccc(-c2nc(C)c(Br)c(N)n2)cc1F. The highest BCUT2D eigenvalue weighted by Gasteiger charge is 2.11. The zero-order valence-electron chi connectivity index (χ0n) is 9.87. The third kappa shape index (κ3) is 2.28. The second kappa shape index (κ2) is 4.89. The molecular weight excluding hydrogens is 301 g/mol. The van der Waals surface area contributed by atoms with Crippen LogP contribution in [0.3, 0.4) is 0 Å². The van der Waals surface area contributed by atoms with E-state index in [1.54, 1.807) is 13.0 Å². The van der Waals surface area contributed by atoms with Gasteiger partial charge in [0.1, 0.15) is 5.82 Å². The molecule has 0 aliphatic heterocycles. The number of ether oxygens (including phenoxy) is 1. The van der Waals surface area contributed by atoms with Gasteiger partial charge in [-0.25, -0.2) is 14.4 Å². The van der Waals surface area contributed by atoms with Gasteiger partial charge in [0, 0.05) is 5.56 Å². The summed E-state index contributed by atoms with van der Waals surface area (Å²) >= 11 is 3.28. The lowest BCUT2D eigenvalue weighted by atomic mass is 10.2.